The van der Waals surface area contributed by atoms with E-state index in [0.717, 1.165) is 37.3 Å². The highest BCUT2D eigenvalue weighted by molar-refractivity contribution is 7.14. The standard InChI is InChI=1S/C18H23N7OS/c1-3-25-21-9-17(23-25)22-18(26)16-7-6-15(27-16)14-5-4-8-24(14)10-13-12(2)19-11-20-13/h6-7,9,11,14H,3-5,8,10H2,1-2H3,(H,19,20)(H,22,23,26). The van der Waals surface area contributed by atoms with Gasteiger partial charge in [-0.25, -0.2) is 4.98 Å². The number of amides is 1. The summed E-state index contributed by atoms with van der Waals surface area (Å²) in [6.07, 6.45) is 5.59. The fraction of sp³-hybridized carbons (Fsp3) is 0.444. The summed E-state index contributed by atoms with van der Waals surface area (Å²) in [4.78, 5) is 26.0. The van der Waals surface area contributed by atoms with Crippen LogP contribution in [0.25, 0.3) is 0 Å². The van der Waals surface area contributed by atoms with Gasteiger partial charge in [-0.15, -0.1) is 16.4 Å². The quantitative estimate of drug-likeness (QED) is 0.681. The number of aryl methyl sites for hydroxylation is 2. The van der Waals surface area contributed by atoms with Gasteiger partial charge in [0.2, 0.25) is 0 Å². The lowest BCUT2D eigenvalue weighted by Crippen LogP contribution is -2.22. The maximum atomic E-state index is 12.5. The molecule has 0 radical (unpaired) electrons. The number of carbonyl (C=O) groups excluding carboxylic acids is 1. The molecule has 142 valence electrons. The highest BCUT2D eigenvalue weighted by Crippen LogP contribution is 2.37. The van der Waals surface area contributed by atoms with Crippen molar-refractivity contribution in [1.29, 1.82) is 0 Å². The third-order valence-electron chi connectivity index (χ3n) is 4.89. The first-order valence-electron chi connectivity index (χ1n) is 9.18. The number of hydrogen-bond donors (Lipinski definition) is 2. The van der Waals surface area contributed by atoms with Gasteiger partial charge < -0.3 is 10.3 Å². The highest BCUT2D eigenvalue weighted by Gasteiger charge is 2.28. The van der Waals surface area contributed by atoms with Crippen LogP contribution in [-0.2, 0) is 13.1 Å². The van der Waals surface area contributed by atoms with Gasteiger partial charge in [0.05, 0.1) is 29.6 Å². The monoisotopic (exact) mass is 385 g/mol. The molecule has 4 heterocycles. The van der Waals surface area contributed by atoms with Crippen molar-refractivity contribution in [2.24, 2.45) is 0 Å². The molecule has 1 aliphatic rings. The molecule has 27 heavy (non-hydrogen) atoms. The zero-order valence-electron chi connectivity index (χ0n) is 15.5. The molecule has 1 amide bonds. The minimum atomic E-state index is -0.137. The van der Waals surface area contributed by atoms with Crippen molar-refractivity contribution in [3.05, 3.63) is 45.8 Å². The van der Waals surface area contributed by atoms with E-state index in [1.165, 1.54) is 4.88 Å². The first kappa shape index (κ1) is 17.9. The molecule has 1 fully saturated rings. The van der Waals surface area contributed by atoms with Gasteiger partial charge in [-0.3, -0.25) is 9.69 Å². The van der Waals surface area contributed by atoms with Crippen LogP contribution in [0.1, 0.15) is 51.7 Å². The number of rotatable bonds is 6. The number of carbonyl (C=O) groups is 1. The van der Waals surface area contributed by atoms with Crippen molar-refractivity contribution in [3.63, 3.8) is 0 Å². The molecular weight excluding hydrogens is 362 g/mol. The van der Waals surface area contributed by atoms with Crippen molar-refractivity contribution in [1.82, 2.24) is 29.9 Å². The Kier molecular flexibility index (Phi) is 5.04. The maximum Gasteiger partial charge on any atom is 0.266 e. The van der Waals surface area contributed by atoms with Crippen LogP contribution in [0.5, 0.6) is 0 Å². The van der Waals surface area contributed by atoms with E-state index in [1.54, 1.807) is 28.7 Å². The van der Waals surface area contributed by atoms with Crippen molar-refractivity contribution < 1.29 is 4.79 Å². The Morgan fingerprint density at radius 3 is 3.07 bits per heavy atom. The number of thiophene rings is 1. The Balaban J connectivity index is 1.44. The number of aromatic amines is 1. The van der Waals surface area contributed by atoms with Crippen LogP contribution in [0.4, 0.5) is 5.82 Å². The number of nitrogens with zero attached hydrogens (tertiary/aromatic N) is 5. The Hall–Kier alpha value is -2.52. The van der Waals surface area contributed by atoms with Gasteiger partial charge in [-0.1, -0.05) is 0 Å². The molecule has 1 aliphatic heterocycles. The van der Waals surface area contributed by atoms with Crippen LogP contribution in [-0.4, -0.2) is 42.3 Å². The van der Waals surface area contributed by atoms with Gasteiger partial charge in [-0.2, -0.15) is 9.90 Å². The summed E-state index contributed by atoms with van der Waals surface area (Å²) in [6.45, 7) is 6.56. The number of anilines is 1. The van der Waals surface area contributed by atoms with Gasteiger partial charge in [0, 0.05) is 23.2 Å². The topological polar surface area (TPSA) is 91.7 Å². The molecule has 0 saturated carbocycles. The second kappa shape index (κ2) is 7.61. The molecular formula is C18H23N7OS. The molecule has 1 atom stereocenters. The molecule has 3 aromatic rings. The van der Waals surface area contributed by atoms with E-state index in [9.17, 15) is 4.79 Å². The summed E-state index contributed by atoms with van der Waals surface area (Å²) in [5.41, 5.74) is 2.21. The average molecular weight is 385 g/mol. The number of hydrogen-bond acceptors (Lipinski definition) is 6. The van der Waals surface area contributed by atoms with E-state index < -0.39 is 0 Å². The third kappa shape index (κ3) is 3.79. The molecule has 8 nitrogen and oxygen atoms in total. The average Bonchev–Trinajstić information content (AvgIpc) is 3.43. The second-order valence-electron chi connectivity index (χ2n) is 6.68. The van der Waals surface area contributed by atoms with Gasteiger partial charge in [0.25, 0.3) is 5.91 Å². The molecule has 1 unspecified atom stereocenters. The molecule has 0 bridgehead atoms. The first-order valence-corrected chi connectivity index (χ1v) is 9.99. The van der Waals surface area contributed by atoms with Crippen LogP contribution >= 0.6 is 11.3 Å². The van der Waals surface area contributed by atoms with E-state index in [-0.39, 0.29) is 5.91 Å². The highest BCUT2D eigenvalue weighted by atomic mass is 32.1. The molecule has 3 aromatic heterocycles. The molecule has 0 aliphatic carbocycles. The van der Waals surface area contributed by atoms with Crippen LogP contribution < -0.4 is 5.32 Å². The fourth-order valence-electron chi connectivity index (χ4n) is 3.42. The maximum absolute atomic E-state index is 12.5. The third-order valence-corrected chi connectivity index (χ3v) is 6.08. The van der Waals surface area contributed by atoms with E-state index in [2.05, 4.69) is 43.4 Å². The van der Waals surface area contributed by atoms with Gasteiger partial charge in [0.15, 0.2) is 5.82 Å². The Bertz CT molecular complexity index is 928. The lowest BCUT2D eigenvalue weighted by molar-refractivity contribution is 0.103. The van der Waals surface area contributed by atoms with Crippen molar-refractivity contribution in [3.8, 4) is 0 Å². The molecule has 2 N–H and O–H groups in total. The Morgan fingerprint density at radius 1 is 1.44 bits per heavy atom. The molecule has 0 spiro atoms. The Morgan fingerprint density at radius 2 is 2.33 bits per heavy atom. The summed E-state index contributed by atoms with van der Waals surface area (Å²) in [6, 6.07) is 4.31. The van der Waals surface area contributed by atoms with Crippen LogP contribution in [0, 0.1) is 6.92 Å². The summed E-state index contributed by atoms with van der Waals surface area (Å²) < 4.78 is 0. The van der Waals surface area contributed by atoms with Gasteiger partial charge in [-0.05, 0) is 45.4 Å². The molecule has 9 heteroatoms. The predicted octanol–water partition coefficient (Wildman–Crippen LogP) is 2.98. The zero-order chi connectivity index (χ0) is 18.8. The normalized spacial score (nSPS) is 17.5. The fourth-order valence-corrected chi connectivity index (χ4v) is 4.49. The smallest absolute Gasteiger partial charge is 0.266 e. The Labute approximate surface area is 161 Å². The number of nitrogens with one attached hydrogen (secondary N) is 2. The van der Waals surface area contributed by atoms with Gasteiger partial charge in [0.1, 0.15) is 0 Å². The van der Waals surface area contributed by atoms with Crippen LogP contribution in [0.3, 0.4) is 0 Å². The molecule has 0 aromatic carbocycles. The number of H-pyrrole nitrogens is 1. The lowest BCUT2D eigenvalue weighted by atomic mass is 10.2. The summed E-state index contributed by atoms with van der Waals surface area (Å²) in [5.74, 6) is 0.343. The van der Waals surface area contributed by atoms with E-state index in [0.29, 0.717) is 23.3 Å². The minimum absolute atomic E-state index is 0.137. The number of likely N-dealkylation sites (tertiary alicyclic amines) is 1. The minimum Gasteiger partial charge on any atom is -0.348 e. The zero-order valence-corrected chi connectivity index (χ0v) is 16.3. The summed E-state index contributed by atoms with van der Waals surface area (Å²) in [7, 11) is 0. The number of imidazole rings is 1. The summed E-state index contributed by atoms with van der Waals surface area (Å²) in [5, 5.41) is 11.1. The van der Waals surface area contributed by atoms with Crippen molar-refractivity contribution >= 4 is 23.1 Å². The molecule has 1 saturated heterocycles. The van der Waals surface area contributed by atoms with Crippen molar-refractivity contribution in [2.45, 2.75) is 45.8 Å². The SMILES string of the molecule is CCn1ncc(NC(=O)c2ccc(C3CCCN3Cc3nc[nH]c3C)s2)n1. The first-order chi connectivity index (χ1) is 13.1. The predicted molar refractivity (Wildman–Crippen MR) is 104 cm³/mol. The van der Waals surface area contributed by atoms with Crippen LogP contribution in [0.15, 0.2) is 24.7 Å². The van der Waals surface area contributed by atoms with Crippen LogP contribution in [0.2, 0.25) is 0 Å². The molecule has 4 rings (SSSR count). The van der Waals surface area contributed by atoms with E-state index in [4.69, 9.17) is 0 Å². The van der Waals surface area contributed by atoms with E-state index in [1.807, 2.05) is 13.0 Å². The van der Waals surface area contributed by atoms with Crippen molar-refractivity contribution in [2.75, 3.05) is 11.9 Å². The lowest BCUT2D eigenvalue weighted by Gasteiger charge is -2.22. The summed E-state index contributed by atoms with van der Waals surface area (Å²) >= 11 is 1.55. The number of aromatic nitrogens is 5. The second-order valence-corrected chi connectivity index (χ2v) is 7.79. The van der Waals surface area contributed by atoms with E-state index >= 15 is 0 Å². The van der Waals surface area contributed by atoms with Gasteiger partial charge >= 0.3 is 0 Å². The largest absolute Gasteiger partial charge is 0.348 e.